The van der Waals surface area contributed by atoms with Gasteiger partial charge in [-0.05, 0) is 12.1 Å². The number of hydrogen-bond acceptors (Lipinski definition) is 1. The van der Waals surface area contributed by atoms with Crippen LogP contribution in [-0.2, 0) is 5.92 Å². The standard InChI is InChI=1S/C9H8F4O/c10-6-2-1-3-7(11)8(6)9(12,13)4-5-14/h1-3,14H,4-5H2. The molecule has 1 aromatic rings. The Morgan fingerprint density at radius 2 is 1.64 bits per heavy atom. The molecule has 0 amide bonds. The lowest BCUT2D eigenvalue weighted by atomic mass is 10.0. The minimum absolute atomic E-state index is 0.754. The fraction of sp³-hybridized carbons (Fsp3) is 0.333. The van der Waals surface area contributed by atoms with E-state index < -0.39 is 36.1 Å². The molecule has 0 atom stereocenters. The number of aliphatic hydroxyl groups is 1. The maximum absolute atomic E-state index is 13.0. The van der Waals surface area contributed by atoms with Gasteiger partial charge >= 0.3 is 0 Å². The van der Waals surface area contributed by atoms with E-state index in [1.165, 1.54) is 0 Å². The molecule has 0 spiro atoms. The summed E-state index contributed by atoms with van der Waals surface area (Å²) in [4.78, 5) is 0. The monoisotopic (exact) mass is 208 g/mol. The lowest BCUT2D eigenvalue weighted by molar-refractivity contribution is -0.0331. The Bertz CT molecular complexity index is 304. The number of rotatable bonds is 3. The summed E-state index contributed by atoms with van der Waals surface area (Å²) in [5.74, 6) is -6.28. The van der Waals surface area contributed by atoms with Gasteiger partial charge in [-0.2, -0.15) is 0 Å². The summed E-state index contributed by atoms with van der Waals surface area (Å²) in [6.07, 6.45) is -0.995. The van der Waals surface area contributed by atoms with E-state index in [1.807, 2.05) is 0 Å². The largest absolute Gasteiger partial charge is 0.396 e. The van der Waals surface area contributed by atoms with Crippen molar-refractivity contribution in [1.29, 1.82) is 0 Å². The molecule has 1 rings (SSSR count). The first-order valence-electron chi connectivity index (χ1n) is 3.92. The molecule has 5 heteroatoms. The lowest BCUT2D eigenvalue weighted by Gasteiger charge is -2.16. The van der Waals surface area contributed by atoms with Gasteiger partial charge in [-0.1, -0.05) is 6.07 Å². The number of alkyl halides is 2. The highest BCUT2D eigenvalue weighted by Gasteiger charge is 2.36. The van der Waals surface area contributed by atoms with Gasteiger partial charge in [0.15, 0.2) is 0 Å². The number of aliphatic hydroxyl groups excluding tert-OH is 1. The molecule has 0 bridgehead atoms. The van der Waals surface area contributed by atoms with Crippen molar-refractivity contribution in [2.75, 3.05) is 6.61 Å². The maximum atomic E-state index is 13.0. The van der Waals surface area contributed by atoms with Crippen molar-refractivity contribution in [3.05, 3.63) is 35.4 Å². The quantitative estimate of drug-likeness (QED) is 0.756. The molecule has 0 unspecified atom stereocenters. The lowest BCUT2D eigenvalue weighted by Crippen LogP contribution is -2.19. The van der Waals surface area contributed by atoms with Crippen LogP contribution in [0.4, 0.5) is 17.6 Å². The van der Waals surface area contributed by atoms with E-state index in [2.05, 4.69) is 0 Å². The SMILES string of the molecule is OCCC(F)(F)c1c(F)cccc1F. The molecule has 0 aliphatic rings. The van der Waals surface area contributed by atoms with E-state index in [4.69, 9.17) is 5.11 Å². The van der Waals surface area contributed by atoms with Crippen molar-refractivity contribution >= 4 is 0 Å². The van der Waals surface area contributed by atoms with Gasteiger partial charge in [-0.15, -0.1) is 0 Å². The molecule has 0 fully saturated rings. The highest BCUT2D eigenvalue weighted by molar-refractivity contribution is 5.24. The third-order valence-electron chi connectivity index (χ3n) is 1.75. The predicted molar refractivity (Wildman–Crippen MR) is 42.0 cm³/mol. The first kappa shape index (κ1) is 11.0. The molecule has 0 aliphatic carbocycles. The van der Waals surface area contributed by atoms with Crippen molar-refractivity contribution < 1.29 is 22.7 Å². The van der Waals surface area contributed by atoms with Crippen LogP contribution in [0.3, 0.4) is 0 Å². The smallest absolute Gasteiger partial charge is 0.281 e. The fourth-order valence-electron chi connectivity index (χ4n) is 1.11. The second-order valence-corrected chi connectivity index (χ2v) is 2.77. The van der Waals surface area contributed by atoms with Crippen LogP contribution in [-0.4, -0.2) is 11.7 Å². The second-order valence-electron chi connectivity index (χ2n) is 2.77. The van der Waals surface area contributed by atoms with E-state index >= 15 is 0 Å². The summed E-state index contributed by atoms with van der Waals surface area (Å²) < 4.78 is 51.8. The molecular weight excluding hydrogens is 200 g/mol. The zero-order chi connectivity index (χ0) is 10.8. The second kappa shape index (κ2) is 3.96. The Kier molecular flexibility index (Phi) is 3.10. The maximum Gasteiger partial charge on any atom is 0.281 e. The molecule has 1 aromatic carbocycles. The number of benzene rings is 1. The zero-order valence-corrected chi connectivity index (χ0v) is 7.11. The van der Waals surface area contributed by atoms with Gasteiger partial charge in [0, 0.05) is 13.0 Å². The Balaban J connectivity index is 3.17. The summed E-state index contributed by atoms with van der Waals surface area (Å²) in [6, 6.07) is 2.51. The molecule has 0 heterocycles. The van der Waals surface area contributed by atoms with Crippen LogP contribution in [0.5, 0.6) is 0 Å². The summed E-state index contributed by atoms with van der Waals surface area (Å²) >= 11 is 0. The van der Waals surface area contributed by atoms with Gasteiger partial charge < -0.3 is 5.11 Å². The average molecular weight is 208 g/mol. The van der Waals surface area contributed by atoms with E-state index in [-0.39, 0.29) is 0 Å². The minimum atomic E-state index is -3.68. The van der Waals surface area contributed by atoms with E-state index in [1.54, 1.807) is 0 Å². The van der Waals surface area contributed by atoms with Crippen LogP contribution in [0.25, 0.3) is 0 Å². The Morgan fingerprint density at radius 1 is 1.14 bits per heavy atom. The summed E-state index contributed by atoms with van der Waals surface area (Å²) in [5.41, 5.74) is -1.28. The molecule has 0 saturated heterocycles. The van der Waals surface area contributed by atoms with Crippen LogP contribution in [0, 0.1) is 11.6 Å². The highest BCUT2D eigenvalue weighted by Crippen LogP contribution is 2.34. The minimum Gasteiger partial charge on any atom is -0.396 e. The Hall–Kier alpha value is -1.10. The average Bonchev–Trinajstić information content (AvgIpc) is 2.02. The van der Waals surface area contributed by atoms with Crippen molar-refractivity contribution in [2.45, 2.75) is 12.3 Å². The van der Waals surface area contributed by atoms with Gasteiger partial charge in [0.25, 0.3) is 5.92 Å². The zero-order valence-electron chi connectivity index (χ0n) is 7.11. The van der Waals surface area contributed by atoms with Gasteiger partial charge in [0.1, 0.15) is 11.6 Å². The van der Waals surface area contributed by atoms with Crippen molar-refractivity contribution in [3.63, 3.8) is 0 Å². The third-order valence-corrected chi connectivity index (χ3v) is 1.75. The van der Waals surface area contributed by atoms with Crippen LogP contribution in [0.15, 0.2) is 18.2 Å². The van der Waals surface area contributed by atoms with Crippen LogP contribution in [0.2, 0.25) is 0 Å². The summed E-state index contributed by atoms with van der Waals surface area (Å²) in [6.45, 7) is -0.833. The number of halogens is 4. The first-order valence-corrected chi connectivity index (χ1v) is 3.92. The topological polar surface area (TPSA) is 20.2 Å². The van der Waals surface area contributed by atoms with Crippen molar-refractivity contribution in [1.82, 2.24) is 0 Å². The molecular formula is C9H8F4O. The van der Waals surface area contributed by atoms with Crippen LogP contribution in [0.1, 0.15) is 12.0 Å². The van der Waals surface area contributed by atoms with E-state index in [0.717, 1.165) is 18.2 Å². The molecule has 0 saturated carbocycles. The van der Waals surface area contributed by atoms with Crippen molar-refractivity contribution in [3.8, 4) is 0 Å². The third kappa shape index (κ3) is 2.04. The molecule has 14 heavy (non-hydrogen) atoms. The molecule has 0 aliphatic heterocycles. The molecule has 1 N–H and O–H groups in total. The Morgan fingerprint density at radius 3 is 2.07 bits per heavy atom. The fourth-order valence-corrected chi connectivity index (χ4v) is 1.11. The summed E-state index contributed by atoms with van der Waals surface area (Å²) in [7, 11) is 0. The van der Waals surface area contributed by atoms with Gasteiger partial charge in [-0.25, -0.2) is 17.6 Å². The highest BCUT2D eigenvalue weighted by atomic mass is 19.3. The molecule has 0 radical (unpaired) electrons. The van der Waals surface area contributed by atoms with Crippen LogP contribution < -0.4 is 0 Å². The molecule has 78 valence electrons. The van der Waals surface area contributed by atoms with Crippen molar-refractivity contribution in [2.24, 2.45) is 0 Å². The van der Waals surface area contributed by atoms with E-state index in [9.17, 15) is 17.6 Å². The molecule has 0 aromatic heterocycles. The number of hydrogen-bond donors (Lipinski definition) is 1. The van der Waals surface area contributed by atoms with Gasteiger partial charge in [0.2, 0.25) is 0 Å². The predicted octanol–water partition coefficient (Wildman–Crippen LogP) is 2.44. The normalized spacial score (nSPS) is 11.8. The van der Waals surface area contributed by atoms with Gasteiger partial charge in [-0.3, -0.25) is 0 Å². The van der Waals surface area contributed by atoms with Gasteiger partial charge in [0.05, 0.1) is 5.56 Å². The Labute approximate surface area is 78.0 Å². The summed E-state index contributed by atoms with van der Waals surface area (Å²) in [5, 5.41) is 8.32. The van der Waals surface area contributed by atoms with Crippen LogP contribution >= 0.6 is 0 Å². The van der Waals surface area contributed by atoms with E-state index in [0.29, 0.717) is 0 Å². The first-order chi connectivity index (χ1) is 6.49. The molecule has 1 nitrogen and oxygen atoms in total.